The highest BCUT2D eigenvalue weighted by Crippen LogP contribution is 2.16. The lowest BCUT2D eigenvalue weighted by molar-refractivity contribution is 0.0943. The van der Waals surface area contributed by atoms with E-state index in [4.69, 9.17) is 0 Å². The van der Waals surface area contributed by atoms with Gasteiger partial charge in [-0.2, -0.15) is 0 Å². The second-order valence-electron chi connectivity index (χ2n) is 7.22. The number of aryl methyl sites for hydroxylation is 2. The van der Waals surface area contributed by atoms with Gasteiger partial charge in [-0.1, -0.05) is 43.7 Å². The molecule has 0 radical (unpaired) electrons. The average molecular weight is 351 g/mol. The van der Waals surface area contributed by atoms with E-state index >= 15 is 0 Å². The van der Waals surface area contributed by atoms with Crippen molar-refractivity contribution in [3.8, 4) is 0 Å². The van der Waals surface area contributed by atoms with Crippen LogP contribution in [0.15, 0.2) is 47.4 Å². The van der Waals surface area contributed by atoms with Crippen LogP contribution in [0.3, 0.4) is 0 Å². The van der Waals surface area contributed by atoms with Crippen molar-refractivity contribution in [2.45, 2.75) is 33.9 Å². The number of fused-ring (bicyclic) bond motifs is 1. The molecule has 0 atom stereocenters. The molecule has 0 saturated heterocycles. The van der Waals surface area contributed by atoms with Gasteiger partial charge in [0.05, 0.1) is 10.9 Å². The fourth-order valence-electron chi connectivity index (χ4n) is 3.11. The Labute approximate surface area is 153 Å². The number of nitrogens with one attached hydrogen (secondary N) is 1. The molecule has 2 heterocycles. The molecule has 0 saturated carbocycles. The number of carbonyl (C=O) groups is 1. The minimum Gasteiger partial charge on any atom is -0.347 e. The monoisotopic (exact) mass is 351 g/mol. The molecule has 0 unspecified atom stereocenters. The highest BCUT2D eigenvalue weighted by atomic mass is 16.2. The number of nitrogens with zero attached hydrogens (tertiary/aromatic N) is 2. The fraction of sp³-hybridized carbons (Fsp3) is 0.333. The molecule has 136 valence electrons. The fourth-order valence-corrected chi connectivity index (χ4v) is 3.11. The van der Waals surface area contributed by atoms with Crippen LogP contribution in [0.1, 0.15) is 35.5 Å². The molecule has 3 rings (SSSR count). The summed E-state index contributed by atoms with van der Waals surface area (Å²) in [4.78, 5) is 25.3. The zero-order valence-electron chi connectivity index (χ0n) is 15.7. The summed E-state index contributed by atoms with van der Waals surface area (Å²) in [7, 11) is 1.81. The van der Waals surface area contributed by atoms with E-state index in [-0.39, 0.29) is 11.5 Å². The summed E-state index contributed by atoms with van der Waals surface area (Å²) in [5, 5.41) is 3.51. The zero-order valence-corrected chi connectivity index (χ0v) is 15.7. The predicted molar refractivity (Wildman–Crippen MR) is 104 cm³/mol. The van der Waals surface area contributed by atoms with Gasteiger partial charge >= 0.3 is 0 Å². The van der Waals surface area contributed by atoms with Gasteiger partial charge in [-0.15, -0.1) is 0 Å². The molecule has 0 aliphatic carbocycles. The summed E-state index contributed by atoms with van der Waals surface area (Å²) < 4.78 is 3.49. The van der Waals surface area contributed by atoms with E-state index in [1.54, 1.807) is 21.4 Å². The van der Waals surface area contributed by atoms with Crippen LogP contribution in [-0.4, -0.2) is 15.0 Å². The maximum atomic E-state index is 12.7. The lowest BCUT2D eigenvalue weighted by atomic mass is 10.1. The van der Waals surface area contributed by atoms with E-state index in [1.807, 2.05) is 44.3 Å². The minimum absolute atomic E-state index is 0.0515. The Kier molecular flexibility index (Phi) is 4.98. The van der Waals surface area contributed by atoms with Gasteiger partial charge in [-0.05, 0) is 30.5 Å². The molecule has 26 heavy (non-hydrogen) atoms. The largest absolute Gasteiger partial charge is 0.347 e. The number of amides is 1. The Hall–Kier alpha value is -2.82. The summed E-state index contributed by atoms with van der Waals surface area (Å²) in [5.74, 6) is 0.199. The molecule has 5 heteroatoms. The van der Waals surface area contributed by atoms with Crippen LogP contribution in [0.25, 0.3) is 10.9 Å². The van der Waals surface area contributed by atoms with Gasteiger partial charge in [-0.25, -0.2) is 0 Å². The second kappa shape index (κ2) is 7.20. The average Bonchev–Trinajstić information content (AvgIpc) is 2.94. The number of hydrogen-bond acceptors (Lipinski definition) is 2. The molecule has 0 aliphatic heterocycles. The summed E-state index contributed by atoms with van der Waals surface area (Å²) >= 11 is 0. The van der Waals surface area contributed by atoms with Gasteiger partial charge in [-0.3, -0.25) is 9.59 Å². The third kappa shape index (κ3) is 3.57. The molecular formula is C21H25N3O2. The number of benzene rings is 1. The van der Waals surface area contributed by atoms with Gasteiger partial charge in [0.15, 0.2) is 0 Å². The van der Waals surface area contributed by atoms with E-state index in [9.17, 15) is 9.59 Å². The molecule has 3 aromatic rings. The number of aromatic nitrogens is 2. The maximum Gasteiger partial charge on any atom is 0.268 e. The lowest BCUT2D eigenvalue weighted by Gasteiger charge is -2.09. The Morgan fingerprint density at radius 3 is 2.50 bits per heavy atom. The van der Waals surface area contributed by atoms with E-state index in [0.29, 0.717) is 30.1 Å². The predicted octanol–water partition coefficient (Wildman–Crippen LogP) is 3.23. The summed E-state index contributed by atoms with van der Waals surface area (Å²) in [5.41, 5.74) is 3.44. The Balaban J connectivity index is 1.86. The van der Waals surface area contributed by atoms with Crippen LogP contribution >= 0.6 is 0 Å². The van der Waals surface area contributed by atoms with E-state index in [2.05, 4.69) is 19.2 Å². The van der Waals surface area contributed by atoms with Crippen molar-refractivity contribution >= 4 is 16.8 Å². The van der Waals surface area contributed by atoms with E-state index in [1.165, 1.54) is 5.56 Å². The molecule has 0 spiro atoms. The van der Waals surface area contributed by atoms with Crippen LogP contribution < -0.4 is 10.9 Å². The van der Waals surface area contributed by atoms with Crippen molar-refractivity contribution in [3.63, 3.8) is 0 Å². The first-order valence-electron chi connectivity index (χ1n) is 8.89. The summed E-state index contributed by atoms with van der Waals surface area (Å²) in [6, 6.07) is 11.6. The third-order valence-electron chi connectivity index (χ3n) is 4.55. The molecule has 1 amide bonds. The summed E-state index contributed by atoms with van der Waals surface area (Å²) in [6.07, 6.45) is 1.80. The van der Waals surface area contributed by atoms with Gasteiger partial charge < -0.3 is 14.5 Å². The van der Waals surface area contributed by atoms with Crippen molar-refractivity contribution < 1.29 is 4.79 Å². The van der Waals surface area contributed by atoms with Gasteiger partial charge in [0.2, 0.25) is 0 Å². The number of pyridine rings is 1. The zero-order chi connectivity index (χ0) is 18.8. The van der Waals surface area contributed by atoms with Crippen molar-refractivity contribution in [2.24, 2.45) is 13.0 Å². The van der Waals surface area contributed by atoms with Crippen molar-refractivity contribution in [3.05, 3.63) is 69.8 Å². The van der Waals surface area contributed by atoms with Gasteiger partial charge in [0, 0.05) is 26.3 Å². The molecule has 0 bridgehead atoms. The summed E-state index contributed by atoms with van der Waals surface area (Å²) in [6.45, 7) is 7.30. The molecule has 0 aliphatic rings. The first kappa shape index (κ1) is 18.0. The highest BCUT2D eigenvalue weighted by molar-refractivity contribution is 5.98. The Morgan fingerprint density at radius 2 is 1.85 bits per heavy atom. The third-order valence-corrected chi connectivity index (χ3v) is 4.55. The second-order valence-corrected chi connectivity index (χ2v) is 7.22. The van der Waals surface area contributed by atoms with Gasteiger partial charge in [0.1, 0.15) is 5.69 Å². The van der Waals surface area contributed by atoms with Crippen LogP contribution in [-0.2, 0) is 20.1 Å². The quantitative estimate of drug-likeness (QED) is 0.767. The van der Waals surface area contributed by atoms with Crippen molar-refractivity contribution in [2.75, 3.05) is 0 Å². The number of rotatable bonds is 5. The van der Waals surface area contributed by atoms with E-state index in [0.717, 1.165) is 11.1 Å². The van der Waals surface area contributed by atoms with Gasteiger partial charge in [0.25, 0.3) is 11.5 Å². The Morgan fingerprint density at radius 1 is 1.15 bits per heavy atom. The molecule has 0 fully saturated rings. The Bertz CT molecular complexity index is 995. The van der Waals surface area contributed by atoms with Crippen molar-refractivity contribution in [1.29, 1.82) is 0 Å². The van der Waals surface area contributed by atoms with E-state index < -0.39 is 0 Å². The maximum absolute atomic E-state index is 12.7. The molecule has 1 aromatic carbocycles. The molecule has 5 nitrogen and oxygen atoms in total. The van der Waals surface area contributed by atoms with Crippen LogP contribution in [0, 0.1) is 12.8 Å². The SMILES string of the molecule is Cc1ccc(CNC(=O)c2cc3c(=O)n(CC(C)C)ccc3n2C)cc1. The van der Waals surface area contributed by atoms with Crippen molar-refractivity contribution in [1.82, 2.24) is 14.5 Å². The molecular weight excluding hydrogens is 326 g/mol. The standard InChI is InChI=1S/C21H25N3O2/c1-14(2)13-24-10-9-18-17(21(24)26)11-19(23(18)4)20(25)22-12-16-7-5-15(3)6-8-16/h5-11,14H,12-13H2,1-4H3,(H,22,25). The normalized spacial score (nSPS) is 11.3. The number of carbonyl (C=O) groups excluding carboxylic acids is 1. The minimum atomic E-state index is -0.181. The first-order valence-corrected chi connectivity index (χ1v) is 8.89. The molecule has 2 aromatic heterocycles. The molecule has 1 N–H and O–H groups in total. The smallest absolute Gasteiger partial charge is 0.268 e. The first-order chi connectivity index (χ1) is 12.4. The van der Waals surface area contributed by atoms with Crippen LogP contribution in [0.2, 0.25) is 0 Å². The topological polar surface area (TPSA) is 56.0 Å². The van der Waals surface area contributed by atoms with Crippen LogP contribution in [0.5, 0.6) is 0 Å². The lowest BCUT2D eigenvalue weighted by Crippen LogP contribution is -2.24. The number of hydrogen-bond donors (Lipinski definition) is 1. The highest BCUT2D eigenvalue weighted by Gasteiger charge is 2.16. The van der Waals surface area contributed by atoms with Crippen LogP contribution in [0.4, 0.5) is 0 Å².